The van der Waals surface area contributed by atoms with Gasteiger partial charge in [0, 0.05) is 12.8 Å². The number of amides is 2. The summed E-state index contributed by atoms with van der Waals surface area (Å²) in [6.45, 7) is 11.6. The smallest absolute Gasteiger partial charge is 0.410 e. The Hall–Kier alpha value is -1.62. The molecule has 0 aromatic carbocycles. The zero-order chi connectivity index (χ0) is 23.3. The SMILES string of the molecule is CC(C)(C)OC(=O)N1C[C@H](O)C[C@H](O)C1.CC(C)(C)OC(=O)N1C[C@H](O)C[C@H](O)C1. The molecule has 4 N–H and O–H groups in total. The van der Waals surface area contributed by atoms with Gasteiger partial charge in [-0.15, -0.1) is 0 Å². The summed E-state index contributed by atoms with van der Waals surface area (Å²) >= 11 is 0. The first-order valence-electron chi connectivity index (χ1n) is 10.2. The Bertz CT molecular complexity index is 502. The van der Waals surface area contributed by atoms with Gasteiger partial charge in [0.1, 0.15) is 11.2 Å². The number of rotatable bonds is 0. The molecule has 0 radical (unpaired) electrons. The van der Waals surface area contributed by atoms with Crippen molar-refractivity contribution >= 4 is 12.2 Å². The summed E-state index contributed by atoms with van der Waals surface area (Å²) in [7, 11) is 0. The van der Waals surface area contributed by atoms with Crippen LogP contribution >= 0.6 is 0 Å². The molecule has 176 valence electrons. The fourth-order valence-electron chi connectivity index (χ4n) is 3.04. The van der Waals surface area contributed by atoms with Crippen molar-refractivity contribution in [1.29, 1.82) is 0 Å². The predicted molar refractivity (Wildman–Crippen MR) is 109 cm³/mol. The summed E-state index contributed by atoms with van der Waals surface area (Å²) in [5.41, 5.74) is -1.10. The molecule has 2 saturated heterocycles. The van der Waals surface area contributed by atoms with Gasteiger partial charge in [0.2, 0.25) is 0 Å². The van der Waals surface area contributed by atoms with Crippen molar-refractivity contribution in [2.24, 2.45) is 0 Å². The van der Waals surface area contributed by atoms with E-state index in [1.165, 1.54) is 9.80 Å². The fraction of sp³-hybridized carbons (Fsp3) is 0.900. The Kier molecular flexibility index (Phi) is 9.34. The molecule has 10 nitrogen and oxygen atoms in total. The van der Waals surface area contributed by atoms with Crippen LogP contribution in [0.15, 0.2) is 0 Å². The van der Waals surface area contributed by atoms with Gasteiger partial charge in [-0.25, -0.2) is 9.59 Å². The van der Waals surface area contributed by atoms with Crippen LogP contribution in [0.2, 0.25) is 0 Å². The van der Waals surface area contributed by atoms with Gasteiger partial charge >= 0.3 is 12.2 Å². The fourth-order valence-corrected chi connectivity index (χ4v) is 3.04. The maximum absolute atomic E-state index is 11.6. The highest BCUT2D eigenvalue weighted by Gasteiger charge is 2.31. The van der Waals surface area contributed by atoms with Gasteiger partial charge in [0.25, 0.3) is 0 Å². The number of carbonyl (C=O) groups is 2. The van der Waals surface area contributed by atoms with E-state index in [-0.39, 0.29) is 26.2 Å². The lowest BCUT2D eigenvalue weighted by molar-refractivity contribution is -0.0294. The lowest BCUT2D eigenvalue weighted by Crippen LogP contribution is -2.49. The number of carbonyl (C=O) groups excluding carboxylic acids is 2. The van der Waals surface area contributed by atoms with Gasteiger partial charge in [-0.1, -0.05) is 0 Å². The average molecular weight is 435 g/mol. The molecule has 0 aliphatic carbocycles. The Balaban J connectivity index is 0.000000300. The van der Waals surface area contributed by atoms with Crippen molar-refractivity contribution < 1.29 is 39.5 Å². The van der Waals surface area contributed by atoms with E-state index in [9.17, 15) is 30.0 Å². The van der Waals surface area contributed by atoms with Gasteiger partial charge in [-0.2, -0.15) is 0 Å². The second-order valence-corrected chi connectivity index (χ2v) is 9.86. The normalized spacial score (nSPS) is 27.7. The highest BCUT2D eigenvalue weighted by atomic mass is 16.6. The van der Waals surface area contributed by atoms with Crippen LogP contribution in [0, 0.1) is 0 Å². The highest BCUT2D eigenvalue weighted by molar-refractivity contribution is 5.68. The first-order valence-corrected chi connectivity index (χ1v) is 10.2. The van der Waals surface area contributed by atoms with Crippen molar-refractivity contribution in [2.75, 3.05) is 26.2 Å². The van der Waals surface area contributed by atoms with Crippen LogP contribution in [0.1, 0.15) is 54.4 Å². The van der Waals surface area contributed by atoms with Gasteiger partial charge in [0.15, 0.2) is 0 Å². The second kappa shape index (κ2) is 10.6. The monoisotopic (exact) mass is 434 g/mol. The minimum absolute atomic E-state index is 0.228. The number of aliphatic hydroxyl groups is 4. The molecule has 0 aromatic rings. The number of hydrogen-bond donors (Lipinski definition) is 4. The molecule has 0 unspecified atom stereocenters. The molecule has 2 rings (SSSR count). The third-order valence-electron chi connectivity index (χ3n) is 4.12. The molecule has 2 amide bonds. The third-order valence-corrected chi connectivity index (χ3v) is 4.12. The predicted octanol–water partition coefficient (Wildman–Crippen LogP) is 0.698. The van der Waals surface area contributed by atoms with Crippen LogP contribution in [0.5, 0.6) is 0 Å². The van der Waals surface area contributed by atoms with Crippen LogP contribution in [-0.2, 0) is 9.47 Å². The van der Waals surface area contributed by atoms with Crippen LogP contribution in [0.25, 0.3) is 0 Å². The van der Waals surface area contributed by atoms with Crippen LogP contribution in [0.3, 0.4) is 0 Å². The molecule has 2 aliphatic rings. The molecule has 0 bridgehead atoms. The highest BCUT2D eigenvalue weighted by Crippen LogP contribution is 2.16. The summed E-state index contributed by atoms with van der Waals surface area (Å²) in [5.74, 6) is 0. The van der Waals surface area contributed by atoms with Crippen molar-refractivity contribution in [3.05, 3.63) is 0 Å². The molecule has 2 aliphatic heterocycles. The zero-order valence-corrected chi connectivity index (χ0v) is 18.9. The molecular formula is C20H38N2O8. The van der Waals surface area contributed by atoms with E-state index in [1.54, 1.807) is 41.5 Å². The van der Waals surface area contributed by atoms with Crippen LogP contribution in [0.4, 0.5) is 9.59 Å². The molecule has 2 fully saturated rings. The summed E-state index contributed by atoms with van der Waals surface area (Å²) in [5, 5.41) is 37.6. The number of nitrogens with zero attached hydrogens (tertiary/aromatic N) is 2. The van der Waals surface area contributed by atoms with E-state index in [1.807, 2.05) is 0 Å². The largest absolute Gasteiger partial charge is 0.444 e. The Morgan fingerprint density at radius 2 is 0.867 bits per heavy atom. The number of hydrogen-bond acceptors (Lipinski definition) is 8. The third kappa shape index (κ3) is 10.4. The van der Waals surface area contributed by atoms with Gasteiger partial charge in [0.05, 0.1) is 50.6 Å². The number of likely N-dealkylation sites (tertiary alicyclic amines) is 2. The van der Waals surface area contributed by atoms with Gasteiger partial charge < -0.3 is 39.7 Å². The van der Waals surface area contributed by atoms with Crippen LogP contribution in [-0.4, -0.2) is 104 Å². The van der Waals surface area contributed by atoms with Crippen molar-refractivity contribution in [1.82, 2.24) is 9.80 Å². The molecular weight excluding hydrogens is 396 g/mol. The van der Waals surface area contributed by atoms with E-state index in [2.05, 4.69) is 0 Å². The van der Waals surface area contributed by atoms with E-state index in [0.29, 0.717) is 12.8 Å². The van der Waals surface area contributed by atoms with Gasteiger partial charge in [-0.05, 0) is 41.5 Å². The minimum Gasteiger partial charge on any atom is -0.444 e. The van der Waals surface area contributed by atoms with E-state index in [4.69, 9.17) is 9.47 Å². The van der Waals surface area contributed by atoms with E-state index >= 15 is 0 Å². The van der Waals surface area contributed by atoms with Crippen molar-refractivity contribution in [3.8, 4) is 0 Å². The molecule has 0 spiro atoms. The van der Waals surface area contributed by atoms with Crippen LogP contribution < -0.4 is 0 Å². The van der Waals surface area contributed by atoms with Gasteiger partial charge in [-0.3, -0.25) is 0 Å². The zero-order valence-electron chi connectivity index (χ0n) is 18.9. The van der Waals surface area contributed by atoms with E-state index in [0.717, 1.165) is 0 Å². The standard InChI is InChI=1S/2C10H19NO4/c2*1-10(2,3)15-9(14)11-5-7(12)4-8(13)6-11/h2*7-8,12-13H,4-6H2,1-3H3/t2*7-,8+. The second-order valence-electron chi connectivity index (χ2n) is 9.86. The lowest BCUT2D eigenvalue weighted by Gasteiger charge is -2.34. The quantitative estimate of drug-likeness (QED) is 0.437. The Labute approximate surface area is 178 Å². The maximum atomic E-state index is 11.6. The number of β-amino-alcohol motifs (C(OH)–C–C–N with tert-alkyl or cyclic N) is 4. The number of piperidine rings is 2. The summed E-state index contributed by atoms with van der Waals surface area (Å²) < 4.78 is 10.3. The summed E-state index contributed by atoms with van der Waals surface area (Å²) in [4.78, 5) is 25.8. The lowest BCUT2D eigenvalue weighted by atomic mass is 10.1. The molecule has 10 heteroatoms. The topological polar surface area (TPSA) is 140 Å². The Morgan fingerprint density at radius 1 is 0.633 bits per heavy atom. The Morgan fingerprint density at radius 3 is 1.07 bits per heavy atom. The summed E-state index contributed by atoms with van der Waals surface area (Å²) in [6.07, 6.45) is -3.00. The summed E-state index contributed by atoms with van der Waals surface area (Å²) in [6, 6.07) is 0. The first-order chi connectivity index (χ1) is 13.6. The van der Waals surface area contributed by atoms with Crippen molar-refractivity contribution in [2.45, 2.75) is 90.0 Å². The number of ether oxygens (including phenoxy) is 2. The molecule has 4 atom stereocenters. The van der Waals surface area contributed by atoms with Crippen molar-refractivity contribution in [3.63, 3.8) is 0 Å². The molecule has 30 heavy (non-hydrogen) atoms. The maximum Gasteiger partial charge on any atom is 0.410 e. The molecule has 0 aromatic heterocycles. The molecule has 2 heterocycles. The average Bonchev–Trinajstić information content (AvgIpc) is 2.50. The van der Waals surface area contributed by atoms with E-state index < -0.39 is 47.8 Å². The first kappa shape index (κ1) is 26.4. The molecule has 0 saturated carbocycles. The number of aliphatic hydroxyl groups excluding tert-OH is 4. The minimum atomic E-state index is -0.665.